The number of rotatable bonds is 2. The van der Waals surface area contributed by atoms with Gasteiger partial charge in [-0.3, -0.25) is 0 Å². The summed E-state index contributed by atoms with van der Waals surface area (Å²) >= 11 is 0. The van der Waals surface area contributed by atoms with Crippen LogP contribution in [0.4, 0.5) is 0 Å². The lowest BCUT2D eigenvalue weighted by atomic mass is 9.79. The summed E-state index contributed by atoms with van der Waals surface area (Å²) in [6.07, 6.45) is 0. The van der Waals surface area contributed by atoms with E-state index in [1.807, 2.05) is 0 Å². The molecule has 1 nitrogen and oxygen atoms in total. The van der Waals surface area contributed by atoms with Gasteiger partial charge in [0.05, 0.1) is 0 Å². The topological polar surface area (TPSA) is 9.23 Å². The van der Waals surface area contributed by atoms with E-state index in [1.165, 1.54) is 44.5 Å². The van der Waals surface area contributed by atoms with Gasteiger partial charge in [0.2, 0.25) is 0 Å². The molecule has 0 N–H and O–H groups in total. The van der Waals surface area contributed by atoms with Crippen molar-refractivity contribution in [3.8, 4) is 56.0 Å². The van der Waals surface area contributed by atoms with Crippen LogP contribution in [0.3, 0.4) is 0 Å². The van der Waals surface area contributed by atoms with Crippen molar-refractivity contribution < 1.29 is 4.74 Å². The van der Waals surface area contributed by atoms with Crippen molar-refractivity contribution in [1.82, 2.24) is 0 Å². The molecule has 0 saturated heterocycles. The van der Waals surface area contributed by atoms with E-state index in [4.69, 9.17) is 4.74 Å². The lowest BCUT2D eigenvalue weighted by Crippen LogP contribution is -2.03. The molecule has 0 aliphatic heterocycles. The van der Waals surface area contributed by atoms with Crippen LogP contribution in [0.15, 0.2) is 84.9 Å². The monoisotopic (exact) mass is 318 g/mol. The largest absolute Gasteiger partial charge is 0.456 e. The van der Waals surface area contributed by atoms with E-state index < -0.39 is 0 Å². The lowest BCUT2D eigenvalue weighted by molar-refractivity contribution is 0.486. The second-order valence-electron chi connectivity index (χ2n) is 6.55. The molecule has 0 amide bonds. The summed E-state index contributed by atoms with van der Waals surface area (Å²) < 4.78 is 6.42. The molecule has 2 aliphatic carbocycles. The van der Waals surface area contributed by atoms with E-state index in [-0.39, 0.29) is 0 Å². The Morgan fingerprint density at radius 1 is 0.360 bits per heavy atom. The minimum absolute atomic E-state index is 0.939. The molecule has 4 aromatic carbocycles. The second kappa shape index (κ2) is 4.61. The first-order valence-corrected chi connectivity index (χ1v) is 8.55. The van der Waals surface area contributed by atoms with Gasteiger partial charge in [0, 0.05) is 11.1 Å². The highest BCUT2D eigenvalue weighted by atomic mass is 16.5. The predicted molar refractivity (Wildman–Crippen MR) is 102 cm³/mol. The zero-order valence-electron chi connectivity index (χ0n) is 13.5. The van der Waals surface area contributed by atoms with Gasteiger partial charge in [-0.15, -0.1) is 0 Å². The van der Waals surface area contributed by atoms with Crippen LogP contribution in [0.1, 0.15) is 0 Å². The third-order valence-electron chi connectivity index (χ3n) is 5.25. The molecule has 116 valence electrons. The van der Waals surface area contributed by atoms with Gasteiger partial charge in [-0.2, -0.15) is 0 Å². The molecule has 4 aromatic rings. The number of fused-ring (bicyclic) bond motifs is 8. The van der Waals surface area contributed by atoms with E-state index >= 15 is 0 Å². The van der Waals surface area contributed by atoms with Crippen molar-refractivity contribution in [3.63, 3.8) is 0 Å². The molecule has 2 aliphatic rings. The SMILES string of the molecule is c1ccc2c(c1)-c1cccc(Oc3cccc4c3-c3ccccc3-4)c1-2. The quantitative estimate of drug-likeness (QED) is 0.342. The molecular formula is C24H14O. The average molecular weight is 318 g/mol. The lowest BCUT2D eigenvalue weighted by Gasteiger charge is -2.29. The Bertz CT molecular complexity index is 1080. The van der Waals surface area contributed by atoms with Gasteiger partial charge in [-0.05, 0) is 45.5 Å². The normalized spacial score (nSPS) is 12.0. The molecule has 1 heteroatoms. The Kier molecular flexibility index (Phi) is 2.40. The molecule has 25 heavy (non-hydrogen) atoms. The van der Waals surface area contributed by atoms with Crippen molar-refractivity contribution in [3.05, 3.63) is 84.9 Å². The molecule has 0 radical (unpaired) electrons. The zero-order chi connectivity index (χ0) is 16.4. The fraction of sp³-hybridized carbons (Fsp3) is 0. The van der Waals surface area contributed by atoms with Gasteiger partial charge in [-0.25, -0.2) is 0 Å². The van der Waals surface area contributed by atoms with E-state index in [1.54, 1.807) is 0 Å². The highest BCUT2D eigenvalue weighted by Crippen LogP contribution is 2.55. The van der Waals surface area contributed by atoms with Gasteiger partial charge >= 0.3 is 0 Å². The first-order valence-electron chi connectivity index (χ1n) is 8.55. The maximum atomic E-state index is 6.42. The van der Waals surface area contributed by atoms with Crippen LogP contribution >= 0.6 is 0 Å². The Balaban J connectivity index is 1.46. The highest BCUT2D eigenvalue weighted by molar-refractivity contribution is 6.06. The second-order valence-corrected chi connectivity index (χ2v) is 6.55. The van der Waals surface area contributed by atoms with Crippen LogP contribution in [-0.4, -0.2) is 0 Å². The van der Waals surface area contributed by atoms with Gasteiger partial charge in [0.25, 0.3) is 0 Å². The summed E-state index contributed by atoms with van der Waals surface area (Å²) in [4.78, 5) is 0. The summed E-state index contributed by atoms with van der Waals surface area (Å²) in [5, 5.41) is 0. The molecule has 0 bridgehead atoms. The van der Waals surface area contributed by atoms with E-state index in [0.717, 1.165) is 11.5 Å². The molecule has 0 spiro atoms. The zero-order valence-corrected chi connectivity index (χ0v) is 13.5. The van der Waals surface area contributed by atoms with Gasteiger partial charge in [-0.1, -0.05) is 72.8 Å². The Morgan fingerprint density at radius 2 is 0.760 bits per heavy atom. The van der Waals surface area contributed by atoms with Crippen LogP contribution in [0.5, 0.6) is 11.5 Å². The first kappa shape index (κ1) is 13.0. The summed E-state index contributed by atoms with van der Waals surface area (Å²) in [6, 6.07) is 29.7. The number of hydrogen-bond acceptors (Lipinski definition) is 1. The third-order valence-corrected chi connectivity index (χ3v) is 5.25. The summed E-state index contributed by atoms with van der Waals surface area (Å²) in [5.74, 6) is 1.88. The fourth-order valence-electron chi connectivity index (χ4n) is 4.10. The summed E-state index contributed by atoms with van der Waals surface area (Å²) in [6.45, 7) is 0. The smallest absolute Gasteiger partial charge is 0.135 e. The minimum atomic E-state index is 0.939. The fourth-order valence-corrected chi connectivity index (χ4v) is 4.10. The van der Waals surface area contributed by atoms with Crippen molar-refractivity contribution in [2.75, 3.05) is 0 Å². The molecule has 0 fully saturated rings. The van der Waals surface area contributed by atoms with E-state index in [0.29, 0.717) is 0 Å². The van der Waals surface area contributed by atoms with E-state index in [9.17, 15) is 0 Å². The summed E-state index contributed by atoms with van der Waals surface area (Å²) in [5.41, 5.74) is 10.2. The maximum absolute atomic E-state index is 6.42. The van der Waals surface area contributed by atoms with Crippen molar-refractivity contribution in [2.24, 2.45) is 0 Å². The van der Waals surface area contributed by atoms with E-state index in [2.05, 4.69) is 84.9 Å². The molecule has 6 rings (SSSR count). The molecule has 0 unspecified atom stereocenters. The Labute approximate surface area is 146 Å². The van der Waals surface area contributed by atoms with Gasteiger partial charge < -0.3 is 4.74 Å². The van der Waals surface area contributed by atoms with Gasteiger partial charge in [0.1, 0.15) is 11.5 Å². The standard InChI is InChI=1S/C24H14O/c1-3-9-17-15(7-1)19-11-5-13-21(23(17)19)25-22-14-6-12-20-16-8-2-4-10-18(16)24(20)22/h1-14H. The number of ether oxygens (including phenoxy) is 1. The van der Waals surface area contributed by atoms with Crippen LogP contribution in [-0.2, 0) is 0 Å². The highest BCUT2D eigenvalue weighted by Gasteiger charge is 2.28. The molecule has 0 heterocycles. The van der Waals surface area contributed by atoms with Gasteiger partial charge in [0.15, 0.2) is 0 Å². The Morgan fingerprint density at radius 3 is 1.24 bits per heavy atom. The third kappa shape index (κ3) is 1.62. The Hall–Kier alpha value is -3.32. The number of benzene rings is 4. The maximum Gasteiger partial charge on any atom is 0.135 e. The van der Waals surface area contributed by atoms with Crippen LogP contribution in [0, 0.1) is 0 Å². The molecular weight excluding hydrogens is 304 g/mol. The predicted octanol–water partition coefficient (Wildman–Crippen LogP) is 6.77. The molecule has 0 atom stereocenters. The molecule has 0 saturated carbocycles. The number of hydrogen-bond donors (Lipinski definition) is 0. The van der Waals surface area contributed by atoms with Crippen molar-refractivity contribution in [2.45, 2.75) is 0 Å². The molecule has 0 aromatic heterocycles. The summed E-state index contributed by atoms with van der Waals surface area (Å²) in [7, 11) is 0. The van der Waals surface area contributed by atoms with Crippen LogP contribution < -0.4 is 4.74 Å². The van der Waals surface area contributed by atoms with Crippen LogP contribution in [0.2, 0.25) is 0 Å². The van der Waals surface area contributed by atoms with Crippen molar-refractivity contribution in [1.29, 1.82) is 0 Å². The van der Waals surface area contributed by atoms with Crippen LogP contribution in [0.25, 0.3) is 44.5 Å². The minimum Gasteiger partial charge on any atom is -0.456 e. The van der Waals surface area contributed by atoms with Crippen molar-refractivity contribution >= 4 is 0 Å². The average Bonchev–Trinajstić information content (AvgIpc) is 2.64. The first-order chi connectivity index (χ1) is 12.4.